The summed E-state index contributed by atoms with van der Waals surface area (Å²) in [5, 5.41) is 4.98. The molecule has 0 atom stereocenters. The van der Waals surface area contributed by atoms with Gasteiger partial charge >= 0.3 is 303 Å². The Bertz CT molecular complexity index is 2930. The number of rotatable bonds is 4. The first-order chi connectivity index (χ1) is 25.3. The van der Waals surface area contributed by atoms with Crippen LogP contribution in [0.5, 0.6) is 0 Å². The molecule has 0 N–H and O–H groups in total. The Balaban J connectivity index is 1.31. The van der Waals surface area contributed by atoms with Crippen LogP contribution in [-0.4, -0.2) is 27.8 Å². The molecular formula is C46H29GeN3S. The first-order valence-electron chi connectivity index (χ1n) is 17.3. The molecular weight excluding hydrogens is 699 g/mol. The molecule has 3 aromatic heterocycles. The van der Waals surface area contributed by atoms with Crippen LogP contribution in [0.3, 0.4) is 0 Å². The van der Waals surface area contributed by atoms with Crippen molar-refractivity contribution in [1.82, 2.24) is 14.5 Å². The molecule has 0 aliphatic carbocycles. The number of aromatic nitrogens is 3. The summed E-state index contributed by atoms with van der Waals surface area (Å²) in [6.07, 6.45) is 0. The molecule has 238 valence electrons. The second-order valence-electron chi connectivity index (χ2n) is 13.3. The Morgan fingerprint density at radius 2 is 1.06 bits per heavy atom. The molecule has 0 fully saturated rings. The van der Waals surface area contributed by atoms with Crippen molar-refractivity contribution in [2.45, 2.75) is 0 Å². The topological polar surface area (TPSA) is 30.7 Å². The zero-order chi connectivity index (χ0) is 33.5. The Labute approximate surface area is 301 Å². The molecule has 1 aliphatic rings. The van der Waals surface area contributed by atoms with Crippen LogP contribution >= 0.6 is 11.3 Å². The van der Waals surface area contributed by atoms with Gasteiger partial charge in [0.1, 0.15) is 0 Å². The molecule has 1 aliphatic heterocycles. The molecule has 11 rings (SSSR count). The van der Waals surface area contributed by atoms with Crippen molar-refractivity contribution in [2.75, 3.05) is 0 Å². The zero-order valence-electron chi connectivity index (χ0n) is 27.5. The van der Waals surface area contributed by atoms with Gasteiger partial charge in [-0.15, -0.1) is 0 Å². The van der Waals surface area contributed by atoms with Gasteiger partial charge in [0.15, 0.2) is 0 Å². The first-order valence-corrected chi connectivity index (χ1v) is 22.4. The van der Waals surface area contributed by atoms with Gasteiger partial charge in [-0.2, -0.15) is 0 Å². The number of thiophene rings is 1. The number of benzene rings is 7. The van der Waals surface area contributed by atoms with Crippen molar-refractivity contribution in [3.8, 4) is 28.5 Å². The second-order valence-corrected chi connectivity index (χ2v) is 22.1. The standard InChI is InChI=1S/C46H29GeN3S/c1-4-16-30(17-5-1)44-43-45(35-24-10-13-25-38(35)47(43,31-18-6-2-7-19-31)32-20-8-3-9-21-32)49-46(48-44)50-39-26-14-11-22-33(39)36-29-42-37(28-40(36)50)34-23-12-15-27-41(34)51-42/h1-29H. The summed E-state index contributed by atoms with van der Waals surface area (Å²) in [6, 6.07) is 64.3. The van der Waals surface area contributed by atoms with Crippen LogP contribution in [0.2, 0.25) is 0 Å². The van der Waals surface area contributed by atoms with Crippen molar-refractivity contribution in [3.05, 3.63) is 176 Å². The van der Waals surface area contributed by atoms with Gasteiger partial charge in [0.2, 0.25) is 0 Å². The van der Waals surface area contributed by atoms with Crippen LogP contribution in [0, 0.1) is 0 Å². The molecule has 7 aromatic carbocycles. The van der Waals surface area contributed by atoms with E-state index >= 15 is 0 Å². The Morgan fingerprint density at radius 1 is 0.451 bits per heavy atom. The number of para-hydroxylation sites is 1. The van der Waals surface area contributed by atoms with Crippen molar-refractivity contribution in [2.24, 2.45) is 0 Å². The number of fused-ring (bicyclic) bond motifs is 9. The fourth-order valence-electron chi connectivity index (χ4n) is 8.60. The molecule has 3 nitrogen and oxygen atoms in total. The van der Waals surface area contributed by atoms with Crippen molar-refractivity contribution < 1.29 is 0 Å². The summed E-state index contributed by atoms with van der Waals surface area (Å²) >= 11 is -1.78. The summed E-state index contributed by atoms with van der Waals surface area (Å²) in [6.45, 7) is 0. The van der Waals surface area contributed by atoms with E-state index in [2.05, 4.69) is 180 Å². The van der Waals surface area contributed by atoms with E-state index in [1.54, 1.807) is 0 Å². The molecule has 4 heterocycles. The van der Waals surface area contributed by atoms with Crippen molar-refractivity contribution >= 4 is 84.2 Å². The predicted molar refractivity (Wildman–Crippen MR) is 217 cm³/mol. The maximum absolute atomic E-state index is 5.72. The van der Waals surface area contributed by atoms with Gasteiger partial charge in [-0.1, -0.05) is 0 Å². The Hall–Kier alpha value is -5.82. The monoisotopic (exact) mass is 729 g/mol. The van der Waals surface area contributed by atoms with Crippen LogP contribution in [0.4, 0.5) is 0 Å². The Morgan fingerprint density at radius 3 is 1.82 bits per heavy atom. The van der Waals surface area contributed by atoms with Crippen molar-refractivity contribution in [1.29, 1.82) is 0 Å². The van der Waals surface area contributed by atoms with E-state index in [0.717, 1.165) is 28.0 Å². The molecule has 0 saturated carbocycles. The van der Waals surface area contributed by atoms with Crippen LogP contribution in [0.15, 0.2) is 176 Å². The summed E-state index contributed by atoms with van der Waals surface area (Å²) < 4.78 is 10.4. The molecule has 0 unspecified atom stereocenters. The van der Waals surface area contributed by atoms with E-state index in [9.17, 15) is 0 Å². The van der Waals surface area contributed by atoms with Gasteiger partial charge in [0.25, 0.3) is 0 Å². The molecule has 0 bridgehead atoms. The van der Waals surface area contributed by atoms with Crippen LogP contribution in [-0.2, 0) is 0 Å². The van der Waals surface area contributed by atoms with E-state index in [4.69, 9.17) is 9.97 Å². The molecule has 0 amide bonds. The third-order valence-electron chi connectivity index (χ3n) is 10.7. The Kier molecular flexibility index (Phi) is 6.30. The minimum absolute atomic E-state index is 0.701. The van der Waals surface area contributed by atoms with Gasteiger partial charge in [-0.3, -0.25) is 0 Å². The van der Waals surface area contributed by atoms with E-state index in [1.165, 1.54) is 54.1 Å². The molecule has 0 saturated heterocycles. The average Bonchev–Trinajstić information content (AvgIpc) is 3.83. The SMILES string of the molecule is c1ccc(-c2nc(-n3c4ccccc4c4cc5sc6ccccc6c5cc43)nc3[c]2[Ge]([c]2ccccc2)([c]2ccccc2)[c]2ccccc2-3)cc1. The molecule has 51 heavy (non-hydrogen) atoms. The molecule has 0 radical (unpaired) electrons. The minimum atomic E-state index is -3.64. The quantitative estimate of drug-likeness (QED) is 0.170. The summed E-state index contributed by atoms with van der Waals surface area (Å²) in [5.41, 5.74) is 6.63. The summed E-state index contributed by atoms with van der Waals surface area (Å²) in [7, 11) is 0. The van der Waals surface area contributed by atoms with Gasteiger partial charge in [-0.05, 0) is 0 Å². The molecule has 10 aromatic rings. The van der Waals surface area contributed by atoms with Gasteiger partial charge in [-0.25, -0.2) is 0 Å². The van der Waals surface area contributed by atoms with Crippen LogP contribution in [0.25, 0.3) is 70.4 Å². The van der Waals surface area contributed by atoms with E-state index in [1.807, 2.05) is 11.3 Å². The molecule has 5 heteroatoms. The average molecular weight is 728 g/mol. The second kappa shape index (κ2) is 11.1. The predicted octanol–water partition coefficient (Wildman–Crippen LogP) is 8.97. The van der Waals surface area contributed by atoms with E-state index in [-0.39, 0.29) is 0 Å². The number of hydrogen-bond donors (Lipinski definition) is 0. The normalized spacial score (nSPS) is 13.3. The van der Waals surface area contributed by atoms with Crippen LogP contribution in [0.1, 0.15) is 0 Å². The van der Waals surface area contributed by atoms with Crippen molar-refractivity contribution in [3.63, 3.8) is 0 Å². The first kappa shape index (κ1) is 29.0. The molecule has 0 spiro atoms. The fourth-order valence-corrected chi connectivity index (χ4v) is 20.7. The summed E-state index contributed by atoms with van der Waals surface area (Å²) in [5.74, 6) is 0.701. The third kappa shape index (κ3) is 4.06. The maximum atomic E-state index is 5.72. The van der Waals surface area contributed by atoms with E-state index in [0.29, 0.717) is 5.95 Å². The number of hydrogen-bond acceptors (Lipinski definition) is 3. The van der Waals surface area contributed by atoms with Gasteiger partial charge in [0.05, 0.1) is 0 Å². The summed E-state index contributed by atoms with van der Waals surface area (Å²) in [4.78, 5) is 11.4. The van der Waals surface area contributed by atoms with Crippen LogP contribution < -0.4 is 17.6 Å². The third-order valence-corrected chi connectivity index (χ3v) is 22.0. The number of nitrogens with zero attached hydrogens (tertiary/aromatic N) is 3. The van der Waals surface area contributed by atoms with Gasteiger partial charge in [0, 0.05) is 0 Å². The van der Waals surface area contributed by atoms with Gasteiger partial charge < -0.3 is 0 Å². The van der Waals surface area contributed by atoms with E-state index < -0.39 is 13.3 Å². The zero-order valence-corrected chi connectivity index (χ0v) is 30.4. The fraction of sp³-hybridized carbons (Fsp3) is 0.